The summed E-state index contributed by atoms with van der Waals surface area (Å²) in [6.07, 6.45) is 0.750. The summed E-state index contributed by atoms with van der Waals surface area (Å²) in [5.41, 5.74) is 0. The Bertz CT molecular complexity index is 90.9. The molecule has 0 atom stereocenters. The van der Waals surface area contributed by atoms with Gasteiger partial charge in [0.2, 0.25) is 6.41 Å². The SMILES string of the molecule is CC(=O)O.CN(C)C=O.[Ni]. The van der Waals surface area contributed by atoms with Gasteiger partial charge in [-0.25, -0.2) is 0 Å². The van der Waals surface area contributed by atoms with Gasteiger partial charge < -0.3 is 10.0 Å². The molecule has 64 valence electrons. The summed E-state index contributed by atoms with van der Waals surface area (Å²) in [6, 6.07) is 0. The fourth-order valence-electron chi connectivity index (χ4n) is 0. The minimum atomic E-state index is -0.833. The van der Waals surface area contributed by atoms with E-state index in [-0.39, 0.29) is 16.5 Å². The third kappa shape index (κ3) is 150. The minimum absolute atomic E-state index is 0. The predicted octanol–water partition coefficient (Wildman–Crippen LogP) is -0.207. The van der Waals surface area contributed by atoms with Crippen molar-refractivity contribution in [1.29, 1.82) is 0 Å². The van der Waals surface area contributed by atoms with Gasteiger partial charge in [-0.3, -0.25) is 9.59 Å². The molecule has 0 aliphatic carbocycles. The summed E-state index contributed by atoms with van der Waals surface area (Å²) in [6.45, 7) is 1.08. The largest absolute Gasteiger partial charge is 0.481 e. The van der Waals surface area contributed by atoms with Gasteiger partial charge in [-0.1, -0.05) is 0 Å². The molecule has 0 aromatic heterocycles. The van der Waals surface area contributed by atoms with Crippen molar-refractivity contribution in [3.05, 3.63) is 0 Å². The molecule has 0 saturated heterocycles. The van der Waals surface area contributed by atoms with E-state index < -0.39 is 5.97 Å². The number of carboxylic acid groups (broad SMARTS) is 1. The van der Waals surface area contributed by atoms with Gasteiger partial charge in [0.15, 0.2) is 0 Å². The molecule has 0 rings (SSSR count). The number of aliphatic carboxylic acids is 1. The molecule has 0 spiro atoms. The van der Waals surface area contributed by atoms with Crippen molar-refractivity contribution < 1.29 is 31.2 Å². The van der Waals surface area contributed by atoms with Crippen molar-refractivity contribution in [1.82, 2.24) is 4.90 Å². The van der Waals surface area contributed by atoms with Gasteiger partial charge >= 0.3 is 0 Å². The topological polar surface area (TPSA) is 57.6 Å². The predicted molar refractivity (Wildman–Crippen MR) is 33.1 cm³/mol. The van der Waals surface area contributed by atoms with Gasteiger partial charge in [-0.15, -0.1) is 0 Å². The fraction of sp³-hybridized carbons (Fsp3) is 0.600. The number of carboxylic acids is 1. The standard InChI is InChI=1S/C3H7NO.C2H4O2.Ni/c1-4(2)3-5;1-2(3)4;/h3H,1-2H3;1H3,(H,3,4);. The molecule has 10 heavy (non-hydrogen) atoms. The maximum atomic E-state index is 9.43. The second-order valence-electron chi connectivity index (χ2n) is 1.59. The molecule has 0 fully saturated rings. The Balaban J connectivity index is -0.0000000910. The molecule has 1 N–H and O–H groups in total. The summed E-state index contributed by atoms with van der Waals surface area (Å²) in [5.74, 6) is -0.833. The molecular formula is C5H11NNiO3. The molecule has 0 heterocycles. The van der Waals surface area contributed by atoms with Crippen molar-refractivity contribution in [2.75, 3.05) is 14.1 Å². The average Bonchev–Trinajstić information content (AvgIpc) is 1.65. The first-order valence-corrected chi connectivity index (χ1v) is 2.32. The van der Waals surface area contributed by atoms with Gasteiger partial charge in [-0.05, 0) is 0 Å². The Labute approximate surface area is 70.1 Å². The summed E-state index contributed by atoms with van der Waals surface area (Å²) >= 11 is 0. The molecule has 0 radical (unpaired) electrons. The number of amides is 1. The van der Waals surface area contributed by atoms with Crippen LogP contribution in [0.15, 0.2) is 0 Å². The molecule has 0 unspecified atom stereocenters. The molecule has 4 nitrogen and oxygen atoms in total. The number of hydrogen-bond acceptors (Lipinski definition) is 2. The first-order valence-electron chi connectivity index (χ1n) is 2.32. The van der Waals surface area contributed by atoms with E-state index in [1.807, 2.05) is 0 Å². The zero-order valence-electron chi connectivity index (χ0n) is 6.10. The second-order valence-corrected chi connectivity index (χ2v) is 1.59. The van der Waals surface area contributed by atoms with Gasteiger partial charge in [0.05, 0.1) is 0 Å². The van der Waals surface area contributed by atoms with Crippen LogP contribution in [0, 0.1) is 0 Å². The van der Waals surface area contributed by atoms with E-state index in [4.69, 9.17) is 9.90 Å². The summed E-state index contributed by atoms with van der Waals surface area (Å²) in [4.78, 5) is 19.9. The Morgan fingerprint density at radius 3 is 1.60 bits per heavy atom. The first kappa shape index (κ1) is 16.2. The average molecular weight is 192 g/mol. The third-order valence-corrected chi connectivity index (χ3v) is 0.211. The Kier molecular flexibility index (Phi) is 18.3. The van der Waals surface area contributed by atoms with Gasteiger partial charge in [0.1, 0.15) is 0 Å². The van der Waals surface area contributed by atoms with Crippen LogP contribution >= 0.6 is 0 Å². The van der Waals surface area contributed by atoms with Crippen molar-refractivity contribution in [3.8, 4) is 0 Å². The van der Waals surface area contributed by atoms with E-state index in [1.54, 1.807) is 14.1 Å². The first-order chi connectivity index (χ1) is 4.00. The van der Waals surface area contributed by atoms with Crippen molar-refractivity contribution in [2.24, 2.45) is 0 Å². The van der Waals surface area contributed by atoms with E-state index in [0.29, 0.717) is 0 Å². The molecular weight excluding hydrogens is 181 g/mol. The van der Waals surface area contributed by atoms with E-state index >= 15 is 0 Å². The molecule has 0 aliphatic heterocycles. The molecule has 0 aliphatic rings. The third-order valence-electron chi connectivity index (χ3n) is 0.211. The van der Waals surface area contributed by atoms with E-state index in [9.17, 15) is 4.79 Å². The normalized spacial score (nSPS) is 5.90. The van der Waals surface area contributed by atoms with Crippen LogP contribution < -0.4 is 0 Å². The molecule has 5 heteroatoms. The Hall–Kier alpha value is -0.566. The number of hydrogen-bond donors (Lipinski definition) is 1. The van der Waals surface area contributed by atoms with E-state index in [2.05, 4.69) is 0 Å². The maximum Gasteiger partial charge on any atom is 0.300 e. The van der Waals surface area contributed by atoms with Crippen LogP contribution in [0.2, 0.25) is 0 Å². The maximum absolute atomic E-state index is 9.43. The molecule has 0 saturated carbocycles. The summed E-state index contributed by atoms with van der Waals surface area (Å²) in [5, 5.41) is 7.42. The number of rotatable bonds is 1. The van der Waals surface area contributed by atoms with Crippen molar-refractivity contribution >= 4 is 12.4 Å². The van der Waals surface area contributed by atoms with Crippen LogP contribution in [0.4, 0.5) is 0 Å². The quantitative estimate of drug-likeness (QED) is 0.461. The summed E-state index contributed by atoms with van der Waals surface area (Å²) < 4.78 is 0. The Morgan fingerprint density at radius 1 is 1.50 bits per heavy atom. The molecule has 1 amide bonds. The minimum Gasteiger partial charge on any atom is -0.481 e. The monoisotopic (exact) mass is 191 g/mol. The van der Waals surface area contributed by atoms with Crippen molar-refractivity contribution in [3.63, 3.8) is 0 Å². The van der Waals surface area contributed by atoms with Crippen LogP contribution in [0.1, 0.15) is 6.92 Å². The van der Waals surface area contributed by atoms with Crippen LogP contribution in [0.5, 0.6) is 0 Å². The summed E-state index contributed by atoms with van der Waals surface area (Å²) in [7, 11) is 3.38. The van der Waals surface area contributed by atoms with Crippen molar-refractivity contribution in [2.45, 2.75) is 6.92 Å². The smallest absolute Gasteiger partial charge is 0.300 e. The number of nitrogens with zero attached hydrogens (tertiary/aromatic N) is 1. The van der Waals surface area contributed by atoms with Gasteiger partial charge in [0, 0.05) is 37.5 Å². The van der Waals surface area contributed by atoms with Gasteiger partial charge in [0.25, 0.3) is 5.97 Å². The van der Waals surface area contributed by atoms with E-state index in [1.165, 1.54) is 4.90 Å². The van der Waals surface area contributed by atoms with E-state index in [0.717, 1.165) is 13.3 Å². The zero-order chi connectivity index (χ0) is 7.86. The molecule has 0 aromatic rings. The van der Waals surface area contributed by atoms with Crippen LogP contribution in [-0.4, -0.2) is 36.5 Å². The second kappa shape index (κ2) is 11.3. The Morgan fingerprint density at radius 2 is 1.60 bits per heavy atom. The number of carbonyl (C=O) groups excluding carboxylic acids is 1. The number of carbonyl (C=O) groups is 2. The van der Waals surface area contributed by atoms with Crippen LogP contribution in [0.25, 0.3) is 0 Å². The fourth-order valence-corrected chi connectivity index (χ4v) is 0. The van der Waals surface area contributed by atoms with Crippen LogP contribution in [0.3, 0.4) is 0 Å². The van der Waals surface area contributed by atoms with Gasteiger partial charge in [-0.2, -0.15) is 0 Å². The molecule has 0 aromatic carbocycles. The zero-order valence-corrected chi connectivity index (χ0v) is 7.09. The van der Waals surface area contributed by atoms with Crippen LogP contribution in [-0.2, 0) is 26.1 Å². The molecule has 0 bridgehead atoms.